The third kappa shape index (κ3) is 2.71. The zero-order chi connectivity index (χ0) is 10.7. The van der Waals surface area contributed by atoms with Crippen LogP contribution in [0.1, 0.15) is 44.9 Å². The highest BCUT2D eigenvalue weighted by molar-refractivity contribution is 5.79. The van der Waals surface area contributed by atoms with E-state index in [2.05, 4.69) is 0 Å². The summed E-state index contributed by atoms with van der Waals surface area (Å²) in [4.78, 5) is 14.1. The minimum Gasteiger partial charge on any atom is -0.393 e. The molecule has 0 aromatic rings. The molecule has 0 unspecified atom stereocenters. The van der Waals surface area contributed by atoms with Crippen molar-refractivity contribution in [3.05, 3.63) is 0 Å². The Bertz CT molecular complexity index is 216. The number of aliphatic hydroxyl groups is 1. The summed E-state index contributed by atoms with van der Waals surface area (Å²) in [5.41, 5.74) is 0. The van der Waals surface area contributed by atoms with E-state index in [1.165, 1.54) is 19.3 Å². The first-order chi connectivity index (χ1) is 7.27. The van der Waals surface area contributed by atoms with Gasteiger partial charge in [-0.15, -0.1) is 0 Å². The highest BCUT2D eigenvalue weighted by Gasteiger charge is 2.28. The van der Waals surface area contributed by atoms with Gasteiger partial charge in [-0.05, 0) is 25.7 Å². The van der Waals surface area contributed by atoms with Gasteiger partial charge in [-0.1, -0.05) is 19.3 Å². The molecule has 0 atom stereocenters. The first-order valence-electron chi connectivity index (χ1n) is 6.24. The average molecular weight is 211 g/mol. The third-order valence-electron chi connectivity index (χ3n) is 3.73. The van der Waals surface area contributed by atoms with Gasteiger partial charge in [-0.25, -0.2) is 0 Å². The molecule has 3 heteroatoms. The molecule has 2 rings (SSSR count). The maximum atomic E-state index is 12.1. The molecule has 0 bridgehead atoms. The predicted molar refractivity (Wildman–Crippen MR) is 58.4 cm³/mol. The number of hydrogen-bond acceptors (Lipinski definition) is 2. The maximum Gasteiger partial charge on any atom is 0.225 e. The van der Waals surface area contributed by atoms with Crippen molar-refractivity contribution in [2.75, 3.05) is 13.1 Å². The van der Waals surface area contributed by atoms with Crippen LogP contribution < -0.4 is 0 Å². The molecule has 3 nitrogen and oxygen atoms in total. The van der Waals surface area contributed by atoms with Gasteiger partial charge in [0.15, 0.2) is 0 Å². The van der Waals surface area contributed by atoms with Gasteiger partial charge in [0.2, 0.25) is 5.91 Å². The molecule has 1 saturated heterocycles. The monoisotopic (exact) mass is 211 g/mol. The number of amides is 1. The molecule has 0 spiro atoms. The van der Waals surface area contributed by atoms with Gasteiger partial charge in [0.05, 0.1) is 6.10 Å². The van der Waals surface area contributed by atoms with Crippen LogP contribution in [0, 0.1) is 5.92 Å². The number of nitrogens with zero attached hydrogens (tertiary/aromatic N) is 1. The van der Waals surface area contributed by atoms with Crippen LogP contribution in [-0.4, -0.2) is 35.1 Å². The van der Waals surface area contributed by atoms with Crippen molar-refractivity contribution in [1.82, 2.24) is 4.90 Å². The summed E-state index contributed by atoms with van der Waals surface area (Å²) in [5, 5.41) is 9.38. The fourth-order valence-electron chi connectivity index (χ4n) is 2.69. The van der Waals surface area contributed by atoms with Gasteiger partial charge in [0.1, 0.15) is 0 Å². The summed E-state index contributed by atoms with van der Waals surface area (Å²) in [6.45, 7) is 1.52. The Morgan fingerprint density at radius 3 is 2.20 bits per heavy atom. The van der Waals surface area contributed by atoms with Crippen molar-refractivity contribution in [2.45, 2.75) is 51.0 Å². The molecule has 15 heavy (non-hydrogen) atoms. The number of hydrogen-bond donors (Lipinski definition) is 1. The lowest BCUT2D eigenvalue weighted by molar-refractivity contribution is -0.138. The number of piperidine rings is 1. The first kappa shape index (κ1) is 10.9. The second kappa shape index (κ2) is 4.97. The van der Waals surface area contributed by atoms with Crippen LogP contribution in [0.15, 0.2) is 0 Å². The summed E-state index contributed by atoms with van der Waals surface area (Å²) < 4.78 is 0. The molecule has 1 heterocycles. The molecule has 2 fully saturated rings. The van der Waals surface area contributed by atoms with Crippen LogP contribution in [0.25, 0.3) is 0 Å². The van der Waals surface area contributed by atoms with E-state index in [-0.39, 0.29) is 12.0 Å². The number of likely N-dealkylation sites (tertiary alicyclic amines) is 1. The topological polar surface area (TPSA) is 40.5 Å². The second-order valence-corrected chi connectivity index (χ2v) is 4.89. The average Bonchev–Trinajstić information content (AvgIpc) is 2.30. The lowest BCUT2D eigenvalue weighted by Gasteiger charge is -2.33. The molecular weight excluding hydrogens is 190 g/mol. The smallest absolute Gasteiger partial charge is 0.225 e. The Morgan fingerprint density at radius 2 is 1.60 bits per heavy atom. The SMILES string of the molecule is O=C(C1CCCCC1)N1CCC(O)CC1. The fraction of sp³-hybridized carbons (Fsp3) is 0.917. The molecule has 0 aromatic heterocycles. The summed E-state index contributed by atoms with van der Waals surface area (Å²) in [5.74, 6) is 0.635. The summed E-state index contributed by atoms with van der Waals surface area (Å²) in [6.07, 6.45) is 7.23. The molecular formula is C12H21NO2. The summed E-state index contributed by atoms with van der Waals surface area (Å²) in [6, 6.07) is 0. The first-order valence-corrected chi connectivity index (χ1v) is 6.24. The zero-order valence-corrected chi connectivity index (χ0v) is 9.32. The van der Waals surface area contributed by atoms with Gasteiger partial charge < -0.3 is 10.0 Å². The molecule has 1 saturated carbocycles. The highest BCUT2D eigenvalue weighted by Crippen LogP contribution is 2.26. The van der Waals surface area contributed by atoms with Crippen LogP contribution in [0.5, 0.6) is 0 Å². The van der Waals surface area contributed by atoms with E-state index in [0.29, 0.717) is 5.91 Å². The van der Waals surface area contributed by atoms with Crippen molar-refractivity contribution in [2.24, 2.45) is 5.92 Å². The Kier molecular flexibility index (Phi) is 3.62. The molecule has 1 aliphatic heterocycles. The van der Waals surface area contributed by atoms with E-state index in [1.54, 1.807) is 0 Å². The predicted octanol–water partition coefficient (Wildman–Crippen LogP) is 1.55. The van der Waals surface area contributed by atoms with E-state index in [4.69, 9.17) is 0 Å². The highest BCUT2D eigenvalue weighted by atomic mass is 16.3. The minimum absolute atomic E-state index is 0.180. The fourth-order valence-corrected chi connectivity index (χ4v) is 2.69. The van der Waals surface area contributed by atoms with Gasteiger partial charge >= 0.3 is 0 Å². The zero-order valence-electron chi connectivity index (χ0n) is 9.32. The van der Waals surface area contributed by atoms with E-state index in [9.17, 15) is 9.90 Å². The van der Waals surface area contributed by atoms with E-state index in [1.807, 2.05) is 4.90 Å². The quantitative estimate of drug-likeness (QED) is 0.715. The number of carbonyl (C=O) groups excluding carboxylic acids is 1. The summed E-state index contributed by atoms with van der Waals surface area (Å²) >= 11 is 0. The number of carbonyl (C=O) groups is 1. The van der Waals surface area contributed by atoms with Crippen molar-refractivity contribution in [3.8, 4) is 0 Å². The van der Waals surface area contributed by atoms with Gasteiger partial charge in [0.25, 0.3) is 0 Å². The third-order valence-corrected chi connectivity index (χ3v) is 3.73. The van der Waals surface area contributed by atoms with Crippen molar-refractivity contribution in [1.29, 1.82) is 0 Å². The molecule has 86 valence electrons. The van der Waals surface area contributed by atoms with Crippen LogP contribution in [0.3, 0.4) is 0 Å². The Labute approximate surface area is 91.5 Å². The van der Waals surface area contributed by atoms with Crippen LogP contribution >= 0.6 is 0 Å². The Morgan fingerprint density at radius 1 is 1.00 bits per heavy atom. The molecule has 0 radical (unpaired) electrons. The molecule has 1 aliphatic carbocycles. The van der Waals surface area contributed by atoms with Crippen LogP contribution in [0.2, 0.25) is 0 Å². The maximum absolute atomic E-state index is 12.1. The molecule has 1 amide bonds. The lowest BCUT2D eigenvalue weighted by Crippen LogP contribution is -2.43. The molecule has 0 aromatic carbocycles. The van der Waals surface area contributed by atoms with Crippen LogP contribution in [-0.2, 0) is 4.79 Å². The standard InChI is InChI=1S/C12H21NO2/c14-11-6-8-13(9-7-11)12(15)10-4-2-1-3-5-10/h10-11,14H,1-9H2. The Hall–Kier alpha value is -0.570. The van der Waals surface area contributed by atoms with Crippen molar-refractivity contribution < 1.29 is 9.90 Å². The lowest BCUT2D eigenvalue weighted by atomic mass is 9.88. The number of aliphatic hydroxyl groups excluding tert-OH is 1. The van der Waals surface area contributed by atoms with E-state index >= 15 is 0 Å². The van der Waals surface area contributed by atoms with Crippen molar-refractivity contribution in [3.63, 3.8) is 0 Å². The van der Waals surface area contributed by atoms with Gasteiger partial charge in [-0.2, -0.15) is 0 Å². The minimum atomic E-state index is -0.180. The molecule has 2 aliphatic rings. The van der Waals surface area contributed by atoms with Crippen molar-refractivity contribution >= 4 is 5.91 Å². The second-order valence-electron chi connectivity index (χ2n) is 4.89. The number of rotatable bonds is 1. The largest absolute Gasteiger partial charge is 0.393 e. The van der Waals surface area contributed by atoms with Crippen LogP contribution in [0.4, 0.5) is 0 Å². The van der Waals surface area contributed by atoms with E-state index in [0.717, 1.165) is 38.8 Å². The Balaban J connectivity index is 1.84. The van der Waals surface area contributed by atoms with E-state index < -0.39 is 0 Å². The van der Waals surface area contributed by atoms with Gasteiger partial charge in [0, 0.05) is 19.0 Å². The molecule has 1 N–H and O–H groups in total. The normalized spacial score (nSPS) is 25.5. The van der Waals surface area contributed by atoms with Gasteiger partial charge in [-0.3, -0.25) is 4.79 Å². The summed E-state index contributed by atoms with van der Waals surface area (Å²) in [7, 11) is 0.